The van der Waals surface area contributed by atoms with Crippen molar-refractivity contribution in [2.24, 2.45) is 7.05 Å². The maximum absolute atomic E-state index is 13.3. The molecule has 4 heterocycles. The zero-order valence-electron chi connectivity index (χ0n) is 14.3. The lowest BCUT2D eigenvalue weighted by atomic mass is 10.1. The molecule has 0 spiro atoms. The van der Waals surface area contributed by atoms with E-state index in [4.69, 9.17) is 0 Å². The normalized spacial score (nSPS) is 18.3. The monoisotopic (exact) mass is 354 g/mol. The van der Waals surface area contributed by atoms with Gasteiger partial charge in [0, 0.05) is 31.7 Å². The van der Waals surface area contributed by atoms with Crippen LogP contribution in [0.25, 0.3) is 10.6 Å². The van der Waals surface area contributed by atoms with Crippen LogP contribution in [0.2, 0.25) is 0 Å². The summed E-state index contributed by atoms with van der Waals surface area (Å²) in [6, 6.07) is 10.2. The SMILES string of the molecule is Cn1cccc1C1CCCCCN1C(=O)c1ccc(-c2ccn[nH]2)s1. The molecule has 1 unspecified atom stereocenters. The Morgan fingerprint density at radius 2 is 2.16 bits per heavy atom. The van der Waals surface area contributed by atoms with E-state index in [1.807, 2.05) is 18.2 Å². The molecule has 1 N–H and O–H groups in total. The predicted octanol–water partition coefficient (Wildman–Crippen LogP) is 4.23. The molecular weight excluding hydrogens is 332 g/mol. The lowest BCUT2D eigenvalue weighted by molar-refractivity contribution is 0.0679. The number of likely N-dealkylation sites (tertiary alicyclic amines) is 1. The Morgan fingerprint density at radius 1 is 1.24 bits per heavy atom. The predicted molar refractivity (Wildman–Crippen MR) is 99.6 cm³/mol. The minimum atomic E-state index is 0.142. The van der Waals surface area contributed by atoms with Crippen LogP contribution in [-0.4, -0.2) is 32.1 Å². The third kappa shape index (κ3) is 3.14. The van der Waals surface area contributed by atoms with E-state index in [2.05, 4.69) is 45.0 Å². The number of carbonyl (C=O) groups is 1. The topological polar surface area (TPSA) is 53.9 Å². The molecule has 0 aliphatic carbocycles. The fourth-order valence-electron chi connectivity index (χ4n) is 3.61. The summed E-state index contributed by atoms with van der Waals surface area (Å²) in [5.74, 6) is 0.142. The number of carbonyl (C=O) groups excluding carboxylic acids is 1. The van der Waals surface area contributed by atoms with Crippen LogP contribution in [0.4, 0.5) is 0 Å². The van der Waals surface area contributed by atoms with Crippen LogP contribution in [0.3, 0.4) is 0 Å². The van der Waals surface area contributed by atoms with Gasteiger partial charge in [-0.25, -0.2) is 0 Å². The molecule has 1 saturated heterocycles. The van der Waals surface area contributed by atoms with Gasteiger partial charge in [0.2, 0.25) is 0 Å². The molecule has 130 valence electrons. The van der Waals surface area contributed by atoms with Crippen LogP contribution >= 0.6 is 11.3 Å². The number of amides is 1. The number of nitrogens with zero attached hydrogens (tertiary/aromatic N) is 3. The van der Waals surface area contributed by atoms with Gasteiger partial charge in [-0.2, -0.15) is 5.10 Å². The summed E-state index contributed by atoms with van der Waals surface area (Å²) in [4.78, 5) is 17.2. The molecule has 25 heavy (non-hydrogen) atoms. The van der Waals surface area contributed by atoms with E-state index in [1.165, 1.54) is 29.9 Å². The van der Waals surface area contributed by atoms with Crippen LogP contribution in [0.1, 0.15) is 47.1 Å². The van der Waals surface area contributed by atoms with Gasteiger partial charge in [0.05, 0.1) is 21.5 Å². The molecule has 1 amide bonds. The minimum Gasteiger partial charge on any atom is -0.353 e. The van der Waals surface area contributed by atoms with Crippen LogP contribution in [0.5, 0.6) is 0 Å². The van der Waals surface area contributed by atoms with E-state index in [1.54, 1.807) is 6.20 Å². The molecule has 1 aliphatic rings. The zero-order valence-corrected chi connectivity index (χ0v) is 15.1. The number of aromatic amines is 1. The fraction of sp³-hybridized carbons (Fsp3) is 0.368. The van der Waals surface area contributed by atoms with Crippen molar-refractivity contribution in [3.05, 3.63) is 53.3 Å². The first-order valence-electron chi connectivity index (χ1n) is 8.76. The summed E-state index contributed by atoms with van der Waals surface area (Å²) < 4.78 is 2.14. The van der Waals surface area contributed by atoms with Crippen molar-refractivity contribution in [3.8, 4) is 10.6 Å². The highest BCUT2D eigenvalue weighted by Crippen LogP contribution is 2.34. The van der Waals surface area contributed by atoms with E-state index in [-0.39, 0.29) is 11.9 Å². The van der Waals surface area contributed by atoms with Gasteiger partial charge in [-0.05, 0) is 43.2 Å². The third-order valence-electron chi connectivity index (χ3n) is 4.92. The average Bonchev–Trinajstić information content (AvgIpc) is 3.33. The molecule has 5 nitrogen and oxygen atoms in total. The zero-order chi connectivity index (χ0) is 17.2. The molecule has 1 atom stereocenters. The van der Waals surface area contributed by atoms with Crippen molar-refractivity contribution in [3.63, 3.8) is 0 Å². The Labute approximate surface area is 151 Å². The Balaban J connectivity index is 1.63. The number of aromatic nitrogens is 3. The van der Waals surface area contributed by atoms with Crippen molar-refractivity contribution in [2.45, 2.75) is 31.7 Å². The van der Waals surface area contributed by atoms with Crippen LogP contribution in [-0.2, 0) is 7.05 Å². The Morgan fingerprint density at radius 3 is 2.92 bits per heavy atom. The second-order valence-corrected chi connectivity index (χ2v) is 7.63. The second kappa shape index (κ2) is 6.88. The molecule has 1 aliphatic heterocycles. The quantitative estimate of drug-likeness (QED) is 0.765. The molecule has 1 fully saturated rings. The number of aryl methyl sites for hydroxylation is 1. The largest absolute Gasteiger partial charge is 0.353 e. The van der Waals surface area contributed by atoms with Crippen LogP contribution in [0.15, 0.2) is 42.7 Å². The first-order chi connectivity index (χ1) is 12.2. The van der Waals surface area contributed by atoms with E-state index in [0.29, 0.717) is 0 Å². The van der Waals surface area contributed by atoms with Crippen molar-refractivity contribution in [1.29, 1.82) is 0 Å². The van der Waals surface area contributed by atoms with Gasteiger partial charge in [0.1, 0.15) is 0 Å². The third-order valence-corrected chi connectivity index (χ3v) is 6.03. The maximum Gasteiger partial charge on any atom is 0.264 e. The Kier molecular flexibility index (Phi) is 4.44. The molecule has 0 bridgehead atoms. The minimum absolute atomic E-state index is 0.142. The van der Waals surface area contributed by atoms with Crippen molar-refractivity contribution < 1.29 is 4.79 Å². The molecule has 0 radical (unpaired) electrons. The van der Waals surface area contributed by atoms with Gasteiger partial charge < -0.3 is 9.47 Å². The van der Waals surface area contributed by atoms with Crippen molar-refractivity contribution in [1.82, 2.24) is 19.7 Å². The van der Waals surface area contributed by atoms with Crippen LogP contribution in [0, 0.1) is 0 Å². The summed E-state index contributed by atoms with van der Waals surface area (Å²) >= 11 is 1.53. The highest BCUT2D eigenvalue weighted by Gasteiger charge is 2.29. The Bertz CT molecular complexity index is 849. The number of nitrogens with one attached hydrogen (secondary N) is 1. The molecule has 0 saturated carbocycles. The van der Waals surface area contributed by atoms with E-state index >= 15 is 0 Å². The first kappa shape index (κ1) is 16.1. The summed E-state index contributed by atoms with van der Waals surface area (Å²) in [7, 11) is 2.06. The highest BCUT2D eigenvalue weighted by atomic mass is 32.1. The lowest BCUT2D eigenvalue weighted by Gasteiger charge is -2.30. The summed E-state index contributed by atoms with van der Waals surface area (Å²) in [6.07, 6.45) is 8.26. The molecular formula is C19H22N4OS. The number of hydrogen-bond donors (Lipinski definition) is 1. The number of thiophene rings is 1. The van der Waals surface area contributed by atoms with Gasteiger partial charge in [0.25, 0.3) is 5.91 Å². The average molecular weight is 354 g/mol. The first-order valence-corrected chi connectivity index (χ1v) is 9.57. The molecule has 4 rings (SSSR count). The summed E-state index contributed by atoms with van der Waals surface area (Å²) in [5, 5.41) is 6.96. The standard InChI is InChI=1S/C19H22N4OS/c1-22-12-5-7-15(22)16-6-3-2-4-13-23(16)19(24)18-9-8-17(25-18)14-10-11-20-21-14/h5,7-12,16H,2-4,6,13H2,1H3,(H,20,21). The molecule has 6 heteroatoms. The summed E-state index contributed by atoms with van der Waals surface area (Å²) in [6.45, 7) is 0.825. The van der Waals surface area contributed by atoms with Gasteiger partial charge in [-0.1, -0.05) is 12.8 Å². The summed E-state index contributed by atoms with van der Waals surface area (Å²) in [5.41, 5.74) is 2.18. The van der Waals surface area contributed by atoms with E-state index < -0.39 is 0 Å². The van der Waals surface area contributed by atoms with Gasteiger partial charge in [-0.3, -0.25) is 9.89 Å². The number of rotatable bonds is 3. The van der Waals surface area contributed by atoms with E-state index in [9.17, 15) is 4.79 Å². The maximum atomic E-state index is 13.3. The fourth-order valence-corrected chi connectivity index (χ4v) is 4.55. The Hall–Kier alpha value is -2.34. The van der Waals surface area contributed by atoms with Gasteiger partial charge >= 0.3 is 0 Å². The van der Waals surface area contributed by atoms with Crippen molar-refractivity contribution in [2.75, 3.05) is 6.54 Å². The van der Waals surface area contributed by atoms with Gasteiger partial charge in [0.15, 0.2) is 0 Å². The number of H-pyrrole nitrogens is 1. The molecule has 0 aromatic carbocycles. The van der Waals surface area contributed by atoms with Crippen molar-refractivity contribution >= 4 is 17.2 Å². The molecule has 3 aromatic heterocycles. The lowest BCUT2D eigenvalue weighted by Crippen LogP contribution is -2.35. The molecule has 3 aromatic rings. The van der Waals surface area contributed by atoms with E-state index in [0.717, 1.165) is 34.8 Å². The highest BCUT2D eigenvalue weighted by molar-refractivity contribution is 7.17. The second-order valence-electron chi connectivity index (χ2n) is 6.54. The van der Waals surface area contributed by atoms with Crippen LogP contribution < -0.4 is 0 Å². The van der Waals surface area contributed by atoms with Gasteiger partial charge in [-0.15, -0.1) is 11.3 Å². The smallest absolute Gasteiger partial charge is 0.264 e. The number of hydrogen-bond acceptors (Lipinski definition) is 3.